The molecule has 1 atom stereocenters. The standard InChI is InChI=1S/C11H14N6O3/c12-10-14-9(18)7-4-13-8(17(7)15-10)6-2-1-3-16(5-6)11(19)20/h4,6H,1-3,5H2,(H,19,20)(H3,12,14,15,18)/t6-/m1/s1. The van der Waals surface area contributed by atoms with E-state index in [1.807, 2.05) is 0 Å². The molecule has 0 spiro atoms. The van der Waals surface area contributed by atoms with Crippen LogP contribution in [0.4, 0.5) is 10.7 Å². The van der Waals surface area contributed by atoms with Crippen LogP contribution in [0.5, 0.6) is 0 Å². The Morgan fingerprint density at radius 2 is 2.35 bits per heavy atom. The molecule has 0 saturated carbocycles. The van der Waals surface area contributed by atoms with Gasteiger partial charge in [0, 0.05) is 19.0 Å². The minimum Gasteiger partial charge on any atom is -0.465 e. The number of piperidine rings is 1. The first-order chi connectivity index (χ1) is 9.56. The molecule has 2 aromatic heterocycles. The van der Waals surface area contributed by atoms with E-state index in [0.717, 1.165) is 12.8 Å². The van der Waals surface area contributed by atoms with Crippen LogP contribution in [0.25, 0.3) is 5.52 Å². The summed E-state index contributed by atoms with van der Waals surface area (Å²) >= 11 is 0. The van der Waals surface area contributed by atoms with Gasteiger partial charge in [0.2, 0.25) is 5.95 Å². The molecule has 1 aliphatic heterocycles. The number of fused-ring (bicyclic) bond motifs is 1. The summed E-state index contributed by atoms with van der Waals surface area (Å²) in [6, 6.07) is 0. The maximum Gasteiger partial charge on any atom is 0.407 e. The van der Waals surface area contributed by atoms with Crippen LogP contribution in [-0.2, 0) is 0 Å². The molecule has 2 aromatic rings. The molecule has 106 valence electrons. The molecular formula is C11H14N6O3. The first-order valence-corrected chi connectivity index (χ1v) is 6.27. The number of nitrogen functional groups attached to an aromatic ring is 1. The lowest BCUT2D eigenvalue weighted by atomic mass is 9.98. The van der Waals surface area contributed by atoms with E-state index in [0.29, 0.717) is 24.4 Å². The molecule has 0 bridgehead atoms. The topological polar surface area (TPSA) is 130 Å². The number of hydrogen-bond donors (Lipinski definition) is 3. The maximum atomic E-state index is 11.7. The Kier molecular flexibility index (Phi) is 2.81. The van der Waals surface area contributed by atoms with Gasteiger partial charge in [-0.05, 0) is 12.8 Å². The van der Waals surface area contributed by atoms with Gasteiger partial charge in [0.05, 0.1) is 6.20 Å². The number of anilines is 1. The minimum absolute atomic E-state index is 0.00708. The van der Waals surface area contributed by atoms with Gasteiger partial charge < -0.3 is 15.7 Å². The van der Waals surface area contributed by atoms with Crippen molar-refractivity contribution in [2.75, 3.05) is 18.8 Å². The number of hydrogen-bond acceptors (Lipinski definition) is 5. The lowest BCUT2D eigenvalue weighted by Crippen LogP contribution is -2.38. The second kappa shape index (κ2) is 4.51. The Balaban J connectivity index is 2.02. The summed E-state index contributed by atoms with van der Waals surface area (Å²) in [6.07, 6.45) is 2.04. The van der Waals surface area contributed by atoms with Crippen molar-refractivity contribution in [3.63, 3.8) is 0 Å². The molecule has 0 radical (unpaired) electrons. The van der Waals surface area contributed by atoms with Gasteiger partial charge in [-0.2, -0.15) is 0 Å². The molecule has 20 heavy (non-hydrogen) atoms. The summed E-state index contributed by atoms with van der Waals surface area (Å²) in [5, 5.41) is 13.1. The summed E-state index contributed by atoms with van der Waals surface area (Å²) in [5.74, 6) is 0.493. The van der Waals surface area contributed by atoms with E-state index < -0.39 is 6.09 Å². The van der Waals surface area contributed by atoms with Crippen LogP contribution in [-0.4, -0.2) is 48.8 Å². The quantitative estimate of drug-likeness (QED) is 0.665. The summed E-state index contributed by atoms with van der Waals surface area (Å²) in [5.41, 5.74) is 5.49. The minimum atomic E-state index is -0.944. The van der Waals surface area contributed by atoms with Gasteiger partial charge >= 0.3 is 6.09 Å². The highest BCUT2D eigenvalue weighted by molar-refractivity contribution is 5.65. The molecule has 4 N–H and O–H groups in total. The van der Waals surface area contributed by atoms with E-state index in [4.69, 9.17) is 10.8 Å². The van der Waals surface area contributed by atoms with Crippen molar-refractivity contribution in [1.82, 2.24) is 24.5 Å². The van der Waals surface area contributed by atoms with Gasteiger partial charge in [0.25, 0.3) is 5.56 Å². The lowest BCUT2D eigenvalue weighted by Gasteiger charge is -2.29. The highest BCUT2D eigenvalue weighted by Gasteiger charge is 2.27. The number of carboxylic acid groups (broad SMARTS) is 1. The Morgan fingerprint density at radius 1 is 1.55 bits per heavy atom. The van der Waals surface area contributed by atoms with Crippen LogP contribution in [0.1, 0.15) is 24.6 Å². The summed E-state index contributed by atoms with van der Waals surface area (Å²) in [6.45, 7) is 0.869. The van der Waals surface area contributed by atoms with E-state index in [1.54, 1.807) is 0 Å². The van der Waals surface area contributed by atoms with E-state index in [2.05, 4.69) is 15.1 Å². The van der Waals surface area contributed by atoms with Crippen molar-refractivity contribution in [2.45, 2.75) is 18.8 Å². The Morgan fingerprint density at radius 3 is 3.10 bits per heavy atom. The molecule has 0 aromatic carbocycles. The second-order valence-corrected chi connectivity index (χ2v) is 4.82. The first kappa shape index (κ1) is 12.5. The van der Waals surface area contributed by atoms with Gasteiger partial charge in [-0.3, -0.25) is 9.78 Å². The molecule has 3 heterocycles. The number of imidazole rings is 1. The Hall–Kier alpha value is -2.58. The first-order valence-electron chi connectivity index (χ1n) is 6.27. The Labute approximate surface area is 113 Å². The third-order valence-corrected chi connectivity index (χ3v) is 3.50. The molecule has 9 heteroatoms. The highest BCUT2D eigenvalue weighted by atomic mass is 16.4. The fourth-order valence-electron chi connectivity index (χ4n) is 2.57. The number of amides is 1. The SMILES string of the molecule is Nc1nn2c([C@@H]3CCCN(C(=O)O)C3)ncc2c(=O)[nH]1. The van der Waals surface area contributed by atoms with Crippen LogP contribution < -0.4 is 11.3 Å². The summed E-state index contributed by atoms with van der Waals surface area (Å²) in [7, 11) is 0. The highest BCUT2D eigenvalue weighted by Crippen LogP contribution is 2.25. The molecule has 9 nitrogen and oxygen atoms in total. The smallest absolute Gasteiger partial charge is 0.407 e. The number of nitrogens with one attached hydrogen (secondary N) is 1. The summed E-state index contributed by atoms with van der Waals surface area (Å²) in [4.78, 5) is 30.8. The van der Waals surface area contributed by atoms with Crippen LogP contribution in [0.3, 0.4) is 0 Å². The zero-order chi connectivity index (χ0) is 14.3. The van der Waals surface area contributed by atoms with Crippen LogP contribution in [0.15, 0.2) is 11.0 Å². The number of aromatic amines is 1. The van der Waals surface area contributed by atoms with Gasteiger partial charge in [-0.1, -0.05) is 0 Å². The van der Waals surface area contributed by atoms with Crippen molar-refractivity contribution >= 4 is 17.6 Å². The van der Waals surface area contributed by atoms with Crippen LogP contribution in [0, 0.1) is 0 Å². The Bertz CT molecular complexity index is 721. The molecule has 0 aliphatic carbocycles. The number of H-pyrrole nitrogens is 1. The average Bonchev–Trinajstić information content (AvgIpc) is 2.82. The van der Waals surface area contributed by atoms with Gasteiger partial charge in [-0.15, -0.1) is 5.10 Å². The van der Waals surface area contributed by atoms with Crippen molar-refractivity contribution < 1.29 is 9.90 Å². The number of aromatic nitrogens is 4. The molecule has 1 aliphatic rings. The summed E-state index contributed by atoms with van der Waals surface area (Å²) < 4.78 is 1.41. The van der Waals surface area contributed by atoms with Crippen LogP contribution >= 0.6 is 0 Å². The number of carbonyl (C=O) groups is 1. The average molecular weight is 278 g/mol. The second-order valence-electron chi connectivity index (χ2n) is 4.82. The zero-order valence-electron chi connectivity index (χ0n) is 10.6. The number of rotatable bonds is 1. The van der Waals surface area contributed by atoms with Crippen molar-refractivity contribution in [3.05, 3.63) is 22.4 Å². The van der Waals surface area contributed by atoms with Gasteiger partial charge in [0.15, 0.2) is 5.52 Å². The predicted octanol–water partition coefficient (Wildman–Crippen LogP) is -0.143. The molecule has 0 unspecified atom stereocenters. The molecule has 3 rings (SSSR count). The molecular weight excluding hydrogens is 264 g/mol. The molecule has 1 amide bonds. The zero-order valence-corrected chi connectivity index (χ0v) is 10.6. The normalized spacial score (nSPS) is 19.4. The third kappa shape index (κ3) is 1.96. The third-order valence-electron chi connectivity index (χ3n) is 3.50. The van der Waals surface area contributed by atoms with Crippen molar-refractivity contribution in [1.29, 1.82) is 0 Å². The van der Waals surface area contributed by atoms with E-state index in [-0.39, 0.29) is 17.4 Å². The maximum absolute atomic E-state index is 11.7. The van der Waals surface area contributed by atoms with Gasteiger partial charge in [0.1, 0.15) is 5.82 Å². The van der Waals surface area contributed by atoms with Crippen molar-refractivity contribution in [3.8, 4) is 0 Å². The van der Waals surface area contributed by atoms with E-state index in [9.17, 15) is 9.59 Å². The number of nitrogens with zero attached hydrogens (tertiary/aromatic N) is 4. The largest absolute Gasteiger partial charge is 0.465 e. The molecule has 1 saturated heterocycles. The number of nitrogens with two attached hydrogens (primary N) is 1. The van der Waals surface area contributed by atoms with E-state index in [1.165, 1.54) is 15.6 Å². The van der Waals surface area contributed by atoms with Crippen LogP contribution in [0.2, 0.25) is 0 Å². The monoisotopic (exact) mass is 278 g/mol. The fraction of sp³-hybridized carbons (Fsp3) is 0.455. The predicted molar refractivity (Wildman–Crippen MR) is 69.6 cm³/mol. The van der Waals surface area contributed by atoms with Crippen molar-refractivity contribution in [2.24, 2.45) is 0 Å². The fourth-order valence-corrected chi connectivity index (χ4v) is 2.57. The van der Waals surface area contributed by atoms with Gasteiger partial charge in [-0.25, -0.2) is 14.3 Å². The molecule has 1 fully saturated rings. The lowest BCUT2D eigenvalue weighted by molar-refractivity contribution is 0.129. The van der Waals surface area contributed by atoms with E-state index >= 15 is 0 Å². The number of likely N-dealkylation sites (tertiary alicyclic amines) is 1.